The van der Waals surface area contributed by atoms with Crippen molar-refractivity contribution in [3.05, 3.63) is 34.9 Å². The lowest BCUT2D eigenvalue weighted by molar-refractivity contribution is 0.252. The zero-order valence-corrected chi connectivity index (χ0v) is 12.7. The van der Waals surface area contributed by atoms with Crippen LogP contribution in [0.3, 0.4) is 0 Å². The van der Waals surface area contributed by atoms with E-state index in [1.807, 2.05) is 12.1 Å². The van der Waals surface area contributed by atoms with Crippen molar-refractivity contribution in [2.75, 3.05) is 33.2 Å². The van der Waals surface area contributed by atoms with Crippen LogP contribution >= 0.6 is 0 Å². The molecule has 0 amide bonds. The van der Waals surface area contributed by atoms with E-state index in [4.69, 9.17) is 11.1 Å². The van der Waals surface area contributed by atoms with Crippen LogP contribution in [-0.2, 0) is 6.54 Å². The fraction of sp³-hybridized carbons (Fsp3) is 0.562. The molecule has 110 valence electrons. The van der Waals surface area contributed by atoms with Gasteiger partial charge in [-0.2, -0.15) is 0 Å². The van der Waals surface area contributed by atoms with E-state index < -0.39 is 0 Å². The van der Waals surface area contributed by atoms with Crippen LogP contribution in [0.1, 0.15) is 29.5 Å². The quantitative estimate of drug-likeness (QED) is 0.614. The first kappa shape index (κ1) is 15.0. The molecule has 1 aliphatic rings. The highest BCUT2D eigenvalue weighted by atomic mass is 15.2. The SMILES string of the molecule is Cc1cc(C(=N)N)ccc1CN(C)CCN1CCCC1. The first-order valence-electron chi connectivity index (χ1n) is 7.41. The Hall–Kier alpha value is -1.39. The number of nitrogens with one attached hydrogen (secondary N) is 1. The predicted octanol–water partition coefficient (Wildman–Crippen LogP) is 1.81. The Morgan fingerprint density at radius 3 is 2.65 bits per heavy atom. The summed E-state index contributed by atoms with van der Waals surface area (Å²) in [5.41, 5.74) is 8.86. The maximum absolute atomic E-state index is 7.47. The molecule has 1 aliphatic heterocycles. The summed E-state index contributed by atoms with van der Waals surface area (Å²) >= 11 is 0. The summed E-state index contributed by atoms with van der Waals surface area (Å²) in [7, 11) is 2.17. The fourth-order valence-electron chi connectivity index (χ4n) is 2.73. The summed E-state index contributed by atoms with van der Waals surface area (Å²) in [6.45, 7) is 7.85. The molecule has 0 aliphatic carbocycles. The molecule has 1 fully saturated rings. The van der Waals surface area contributed by atoms with Crippen LogP contribution in [0.25, 0.3) is 0 Å². The monoisotopic (exact) mass is 274 g/mol. The largest absolute Gasteiger partial charge is 0.384 e. The number of hydrogen-bond donors (Lipinski definition) is 2. The highest BCUT2D eigenvalue weighted by Crippen LogP contribution is 2.13. The Kier molecular flexibility index (Phi) is 5.15. The van der Waals surface area contributed by atoms with Gasteiger partial charge in [0.05, 0.1) is 0 Å². The van der Waals surface area contributed by atoms with Crippen molar-refractivity contribution in [2.24, 2.45) is 5.73 Å². The van der Waals surface area contributed by atoms with Gasteiger partial charge in [-0.05, 0) is 57.1 Å². The van der Waals surface area contributed by atoms with Gasteiger partial charge < -0.3 is 15.5 Å². The van der Waals surface area contributed by atoms with Crippen molar-refractivity contribution in [1.29, 1.82) is 5.41 Å². The summed E-state index contributed by atoms with van der Waals surface area (Å²) < 4.78 is 0. The van der Waals surface area contributed by atoms with Gasteiger partial charge in [0.15, 0.2) is 0 Å². The number of nitrogens with two attached hydrogens (primary N) is 1. The first-order valence-corrected chi connectivity index (χ1v) is 7.41. The topological polar surface area (TPSA) is 56.4 Å². The average molecular weight is 274 g/mol. The van der Waals surface area contributed by atoms with Crippen LogP contribution in [0, 0.1) is 12.3 Å². The van der Waals surface area contributed by atoms with Gasteiger partial charge in [0.25, 0.3) is 0 Å². The number of nitrogens with zero attached hydrogens (tertiary/aromatic N) is 2. The highest BCUT2D eigenvalue weighted by molar-refractivity contribution is 5.95. The van der Waals surface area contributed by atoms with Gasteiger partial charge in [0.1, 0.15) is 5.84 Å². The molecule has 1 aromatic carbocycles. The molecule has 0 spiro atoms. The number of nitrogen functional groups attached to an aromatic ring is 1. The van der Waals surface area contributed by atoms with Gasteiger partial charge in [0.2, 0.25) is 0 Å². The molecule has 1 saturated heterocycles. The lowest BCUT2D eigenvalue weighted by atomic mass is 10.0. The molecule has 4 heteroatoms. The summed E-state index contributed by atoms with van der Waals surface area (Å²) in [5.74, 6) is 0.141. The van der Waals surface area contributed by atoms with Crippen LogP contribution in [0.5, 0.6) is 0 Å². The molecule has 20 heavy (non-hydrogen) atoms. The lowest BCUT2D eigenvalue weighted by Crippen LogP contribution is -2.31. The smallest absolute Gasteiger partial charge is 0.122 e. The van der Waals surface area contributed by atoms with Crippen LogP contribution < -0.4 is 5.73 Å². The van der Waals surface area contributed by atoms with Crippen LogP contribution in [-0.4, -0.2) is 48.9 Å². The minimum atomic E-state index is 0.141. The maximum atomic E-state index is 7.47. The zero-order valence-electron chi connectivity index (χ0n) is 12.7. The minimum Gasteiger partial charge on any atom is -0.384 e. The molecule has 0 saturated carbocycles. The van der Waals surface area contributed by atoms with E-state index >= 15 is 0 Å². The number of benzene rings is 1. The van der Waals surface area contributed by atoms with E-state index in [9.17, 15) is 0 Å². The Morgan fingerprint density at radius 1 is 1.35 bits per heavy atom. The Bertz CT molecular complexity index is 464. The molecule has 2 rings (SSSR count). The maximum Gasteiger partial charge on any atom is 0.122 e. The highest BCUT2D eigenvalue weighted by Gasteiger charge is 2.12. The van der Waals surface area contributed by atoms with Gasteiger partial charge in [-0.25, -0.2) is 0 Å². The Morgan fingerprint density at radius 2 is 2.05 bits per heavy atom. The number of amidine groups is 1. The van der Waals surface area contributed by atoms with E-state index in [1.54, 1.807) is 0 Å². The molecule has 0 bridgehead atoms. The van der Waals surface area contributed by atoms with Gasteiger partial charge in [-0.3, -0.25) is 5.41 Å². The Labute approximate surface area is 122 Å². The Balaban J connectivity index is 1.86. The minimum absolute atomic E-state index is 0.141. The van der Waals surface area contributed by atoms with Gasteiger partial charge in [-0.1, -0.05) is 12.1 Å². The van der Waals surface area contributed by atoms with E-state index in [1.165, 1.54) is 43.6 Å². The molecule has 0 aromatic heterocycles. The molecular formula is C16H26N4. The number of rotatable bonds is 6. The second-order valence-corrected chi connectivity index (χ2v) is 5.84. The number of likely N-dealkylation sites (tertiary alicyclic amines) is 1. The second-order valence-electron chi connectivity index (χ2n) is 5.84. The molecule has 0 radical (unpaired) electrons. The van der Waals surface area contributed by atoms with E-state index in [0.717, 1.165) is 18.7 Å². The third-order valence-electron chi connectivity index (χ3n) is 4.09. The average Bonchev–Trinajstić information content (AvgIpc) is 2.91. The lowest BCUT2D eigenvalue weighted by Gasteiger charge is -2.22. The molecule has 0 atom stereocenters. The van der Waals surface area contributed by atoms with Crippen molar-refractivity contribution < 1.29 is 0 Å². The van der Waals surface area contributed by atoms with E-state index in [-0.39, 0.29) is 5.84 Å². The molecule has 3 N–H and O–H groups in total. The van der Waals surface area contributed by atoms with E-state index in [0.29, 0.717) is 0 Å². The number of likely N-dealkylation sites (N-methyl/N-ethyl adjacent to an activating group) is 1. The summed E-state index contributed by atoms with van der Waals surface area (Å²) in [4.78, 5) is 4.91. The molecule has 4 nitrogen and oxygen atoms in total. The van der Waals surface area contributed by atoms with Gasteiger partial charge in [0, 0.05) is 25.2 Å². The summed E-state index contributed by atoms with van der Waals surface area (Å²) in [6.07, 6.45) is 2.71. The standard InChI is InChI=1S/C16H26N4/c1-13-11-14(16(17)18)5-6-15(13)12-19(2)9-10-20-7-3-4-8-20/h5-6,11H,3-4,7-10,12H2,1-2H3,(H3,17,18). The normalized spacial score (nSPS) is 15.9. The fourth-order valence-corrected chi connectivity index (χ4v) is 2.73. The van der Waals surface area contributed by atoms with Crippen LogP contribution in [0.4, 0.5) is 0 Å². The van der Waals surface area contributed by atoms with Crippen molar-refractivity contribution in [2.45, 2.75) is 26.3 Å². The number of aryl methyl sites for hydroxylation is 1. The third-order valence-corrected chi connectivity index (χ3v) is 4.09. The van der Waals surface area contributed by atoms with Gasteiger partial charge >= 0.3 is 0 Å². The molecule has 1 aromatic rings. The van der Waals surface area contributed by atoms with Crippen molar-refractivity contribution in [1.82, 2.24) is 9.80 Å². The summed E-state index contributed by atoms with van der Waals surface area (Å²) in [6, 6.07) is 6.05. The van der Waals surface area contributed by atoms with E-state index in [2.05, 4.69) is 29.8 Å². The van der Waals surface area contributed by atoms with Crippen molar-refractivity contribution in [3.63, 3.8) is 0 Å². The van der Waals surface area contributed by atoms with Crippen LogP contribution in [0.2, 0.25) is 0 Å². The molecule has 1 heterocycles. The third kappa shape index (κ3) is 4.05. The van der Waals surface area contributed by atoms with Crippen molar-refractivity contribution in [3.8, 4) is 0 Å². The molecular weight excluding hydrogens is 248 g/mol. The second kappa shape index (κ2) is 6.86. The summed E-state index contributed by atoms with van der Waals surface area (Å²) in [5, 5.41) is 7.47. The zero-order chi connectivity index (χ0) is 14.5. The first-order chi connectivity index (χ1) is 9.56. The van der Waals surface area contributed by atoms with Crippen LogP contribution in [0.15, 0.2) is 18.2 Å². The van der Waals surface area contributed by atoms with Gasteiger partial charge in [-0.15, -0.1) is 0 Å². The molecule has 0 unspecified atom stereocenters. The van der Waals surface area contributed by atoms with Crippen molar-refractivity contribution >= 4 is 5.84 Å². The predicted molar refractivity (Wildman–Crippen MR) is 84.2 cm³/mol. The number of hydrogen-bond acceptors (Lipinski definition) is 3.